The van der Waals surface area contributed by atoms with Crippen molar-refractivity contribution in [2.75, 3.05) is 0 Å². The monoisotopic (exact) mass is 412 g/mol. The zero-order valence-electron chi connectivity index (χ0n) is 14.8. The smallest absolute Gasteiger partial charge is 1.00 e. The predicted octanol–water partition coefficient (Wildman–Crippen LogP) is 3.93. The molecular formula is C15H30BaO4. The first-order valence-corrected chi connectivity index (χ1v) is 7.55. The van der Waals surface area contributed by atoms with Gasteiger partial charge in [-0.2, -0.15) is 0 Å². The molecule has 0 aromatic heterocycles. The third-order valence-electron chi connectivity index (χ3n) is 3.44. The molecule has 0 saturated carbocycles. The van der Waals surface area contributed by atoms with Gasteiger partial charge in [-0.3, -0.25) is 9.59 Å². The van der Waals surface area contributed by atoms with Gasteiger partial charge in [0.25, 0.3) is 0 Å². The van der Waals surface area contributed by atoms with Crippen molar-refractivity contribution in [1.29, 1.82) is 0 Å². The van der Waals surface area contributed by atoms with Gasteiger partial charge in [0.1, 0.15) is 0 Å². The van der Waals surface area contributed by atoms with E-state index >= 15 is 0 Å². The molecule has 0 spiro atoms. The number of hydrogen-bond donors (Lipinski definition) is 2. The molecule has 0 bridgehead atoms. The Morgan fingerprint density at radius 2 is 1.15 bits per heavy atom. The minimum Gasteiger partial charge on any atom is -1.00 e. The van der Waals surface area contributed by atoms with Crippen molar-refractivity contribution >= 4 is 60.8 Å². The van der Waals surface area contributed by atoms with Gasteiger partial charge in [0.05, 0.1) is 0 Å². The SMILES string of the molecule is CCCCCCCCCCCCC(C(=O)O)C(=O)O.[Ba+2].[H-].[H-]. The summed E-state index contributed by atoms with van der Waals surface area (Å²) >= 11 is 0. The molecule has 0 unspecified atom stereocenters. The Morgan fingerprint density at radius 3 is 1.50 bits per heavy atom. The van der Waals surface area contributed by atoms with Crippen LogP contribution in [-0.2, 0) is 9.59 Å². The first kappa shape index (κ1) is 22.8. The van der Waals surface area contributed by atoms with E-state index in [4.69, 9.17) is 10.2 Å². The summed E-state index contributed by atoms with van der Waals surface area (Å²) in [5, 5.41) is 17.4. The second-order valence-electron chi connectivity index (χ2n) is 5.20. The van der Waals surface area contributed by atoms with Crippen LogP contribution in [-0.4, -0.2) is 71.0 Å². The quantitative estimate of drug-likeness (QED) is 0.273. The molecule has 5 heteroatoms. The maximum Gasteiger partial charge on any atom is 2.00 e. The minimum absolute atomic E-state index is 0. The maximum absolute atomic E-state index is 10.7. The molecule has 2 N–H and O–H groups in total. The van der Waals surface area contributed by atoms with Crippen LogP contribution >= 0.6 is 0 Å². The fourth-order valence-electron chi connectivity index (χ4n) is 2.19. The summed E-state index contributed by atoms with van der Waals surface area (Å²) in [5.74, 6) is -3.67. The molecule has 0 rings (SSSR count). The van der Waals surface area contributed by atoms with Crippen LogP contribution in [0.15, 0.2) is 0 Å². The molecule has 0 radical (unpaired) electrons. The summed E-state index contributed by atoms with van der Waals surface area (Å²) in [4.78, 5) is 21.3. The van der Waals surface area contributed by atoms with Gasteiger partial charge in [0, 0.05) is 0 Å². The molecule has 0 aromatic rings. The van der Waals surface area contributed by atoms with E-state index in [1.165, 1.54) is 44.9 Å². The molecular weight excluding hydrogens is 381 g/mol. The van der Waals surface area contributed by atoms with Crippen LogP contribution in [0.1, 0.15) is 80.4 Å². The predicted molar refractivity (Wildman–Crippen MR) is 83.2 cm³/mol. The van der Waals surface area contributed by atoms with Crippen molar-refractivity contribution in [3.8, 4) is 0 Å². The molecule has 0 saturated heterocycles. The van der Waals surface area contributed by atoms with Crippen LogP contribution in [0.3, 0.4) is 0 Å². The largest absolute Gasteiger partial charge is 2.00 e. The van der Waals surface area contributed by atoms with Crippen LogP contribution in [0.25, 0.3) is 0 Å². The van der Waals surface area contributed by atoms with E-state index in [0.717, 1.165) is 12.8 Å². The maximum atomic E-state index is 10.7. The van der Waals surface area contributed by atoms with Crippen molar-refractivity contribution in [2.24, 2.45) is 5.92 Å². The van der Waals surface area contributed by atoms with E-state index in [1.807, 2.05) is 0 Å². The zero-order chi connectivity index (χ0) is 14.5. The van der Waals surface area contributed by atoms with Crippen LogP contribution < -0.4 is 0 Å². The van der Waals surface area contributed by atoms with Gasteiger partial charge in [-0.25, -0.2) is 0 Å². The molecule has 0 fully saturated rings. The minimum atomic E-state index is -1.23. The number of unbranched alkanes of at least 4 members (excludes halogenated alkanes) is 9. The van der Waals surface area contributed by atoms with Gasteiger partial charge in [0.2, 0.25) is 0 Å². The molecule has 0 amide bonds. The zero-order valence-corrected chi connectivity index (χ0v) is 17.2. The van der Waals surface area contributed by atoms with Crippen molar-refractivity contribution in [3.05, 3.63) is 0 Å². The molecule has 0 heterocycles. The first-order chi connectivity index (χ1) is 9.09. The van der Waals surface area contributed by atoms with Gasteiger partial charge in [-0.05, 0) is 6.42 Å². The Kier molecular flexibility index (Phi) is 18.1. The topological polar surface area (TPSA) is 74.6 Å². The van der Waals surface area contributed by atoms with E-state index in [1.54, 1.807) is 0 Å². The summed E-state index contributed by atoms with van der Waals surface area (Å²) in [7, 11) is 0. The van der Waals surface area contributed by atoms with E-state index in [-0.39, 0.29) is 58.2 Å². The fourth-order valence-corrected chi connectivity index (χ4v) is 2.19. The van der Waals surface area contributed by atoms with Gasteiger partial charge >= 0.3 is 60.8 Å². The Bertz CT molecular complexity index is 252. The number of rotatable bonds is 13. The molecule has 4 nitrogen and oxygen atoms in total. The fraction of sp³-hybridized carbons (Fsp3) is 0.867. The third kappa shape index (κ3) is 13.5. The Morgan fingerprint density at radius 1 is 0.800 bits per heavy atom. The number of carbonyl (C=O) groups is 2. The summed E-state index contributed by atoms with van der Waals surface area (Å²) in [5.41, 5.74) is 0. The molecule has 0 aliphatic heterocycles. The van der Waals surface area contributed by atoms with Crippen molar-refractivity contribution in [1.82, 2.24) is 0 Å². The Labute approximate surface area is 165 Å². The summed E-state index contributed by atoms with van der Waals surface area (Å²) in [6, 6.07) is 0. The molecule has 0 aliphatic carbocycles. The molecule has 20 heavy (non-hydrogen) atoms. The van der Waals surface area contributed by atoms with Crippen LogP contribution in [0.4, 0.5) is 0 Å². The third-order valence-corrected chi connectivity index (χ3v) is 3.44. The van der Waals surface area contributed by atoms with E-state index in [2.05, 4.69) is 6.92 Å². The summed E-state index contributed by atoms with van der Waals surface area (Å²) in [6.45, 7) is 2.21. The second kappa shape index (κ2) is 15.9. The normalized spacial score (nSPS) is 10.3. The summed E-state index contributed by atoms with van der Waals surface area (Å²) < 4.78 is 0. The van der Waals surface area contributed by atoms with Crippen molar-refractivity contribution in [2.45, 2.75) is 77.6 Å². The molecule has 0 atom stereocenters. The van der Waals surface area contributed by atoms with Crippen LogP contribution in [0.5, 0.6) is 0 Å². The van der Waals surface area contributed by atoms with Gasteiger partial charge < -0.3 is 13.1 Å². The standard InChI is InChI=1S/C15H28O4.Ba.2H/c1-2-3-4-5-6-7-8-9-10-11-12-13(14(16)17)15(18)19;;;/h13H,2-12H2,1H3,(H,16,17)(H,18,19);;;/q;+2;2*-1. The van der Waals surface area contributed by atoms with Gasteiger partial charge in [-0.1, -0.05) is 71.1 Å². The van der Waals surface area contributed by atoms with E-state index in [9.17, 15) is 9.59 Å². The average molecular weight is 412 g/mol. The summed E-state index contributed by atoms with van der Waals surface area (Å²) in [6.07, 6.45) is 11.9. The average Bonchev–Trinajstić information content (AvgIpc) is 2.35. The molecule has 116 valence electrons. The number of carboxylic acids is 2. The van der Waals surface area contributed by atoms with Crippen LogP contribution in [0.2, 0.25) is 0 Å². The molecule has 0 aromatic carbocycles. The number of aliphatic carboxylic acids is 2. The first-order valence-electron chi connectivity index (χ1n) is 7.55. The Hall–Kier alpha value is 0.511. The number of carboxylic acid groups (broad SMARTS) is 2. The Balaban J connectivity index is -0.000000540. The van der Waals surface area contributed by atoms with E-state index in [0.29, 0.717) is 6.42 Å². The molecule has 0 aliphatic rings. The second-order valence-corrected chi connectivity index (χ2v) is 5.20. The van der Waals surface area contributed by atoms with E-state index < -0.39 is 17.9 Å². The van der Waals surface area contributed by atoms with Gasteiger partial charge in [-0.15, -0.1) is 0 Å². The van der Waals surface area contributed by atoms with Crippen molar-refractivity contribution < 1.29 is 22.7 Å². The number of hydrogen-bond acceptors (Lipinski definition) is 2. The van der Waals surface area contributed by atoms with Crippen LogP contribution in [0, 0.1) is 5.92 Å². The van der Waals surface area contributed by atoms with Crippen molar-refractivity contribution in [3.63, 3.8) is 0 Å². The van der Waals surface area contributed by atoms with Gasteiger partial charge in [0.15, 0.2) is 5.92 Å².